The fourth-order valence-corrected chi connectivity index (χ4v) is 4.56. The molecular formula is C19H30N2O3S. The quantitative estimate of drug-likeness (QED) is 0.768. The lowest BCUT2D eigenvalue weighted by Gasteiger charge is -2.26. The van der Waals surface area contributed by atoms with Crippen LogP contribution in [0.2, 0.25) is 0 Å². The Morgan fingerprint density at radius 2 is 2.00 bits per heavy atom. The first-order valence-electron chi connectivity index (χ1n) is 9.15. The highest BCUT2D eigenvalue weighted by Crippen LogP contribution is 2.30. The maximum Gasteiger partial charge on any atom is 0.241 e. The van der Waals surface area contributed by atoms with Gasteiger partial charge >= 0.3 is 0 Å². The SMILES string of the molecule is CCCCC1CCCC1NC(=O)CN(c1ccccc1C)S(C)(=O)=O. The highest BCUT2D eigenvalue weighted by Gasteiger charge is 2.29. The maximum absolute atomic E-state index is 12.5. The third kappa shape index (κ3) is 5.46. The Balaban J connectivity index is 2.07. The molecule has 0 aliphatic heterocycles. The van der Waals surface area contributed by atoms with E-state index in [2.05, 4.69) is 12.2 Å². The van der Waals surface area contributed by atoms with E-state index in [4.69, 9.17) is 0 Å². The lowest BCUT2D eigenvalue weighted by Crippen LogP contribution is -2.45. The van der Waals surface area contributed by atoms with Crippen molar-refractivity contribution in [3.63, 3.8) is 0 Å². The van der Waals surface area contributed by atoms with E-state index in [9.17, 15) is 13.2 Å². The van der Waals surface area contributed by atoms with Crippen LogP contribution in [0.4, 0.5) is 5.69 Å². The van der Waals surface area contributed by atoms with Crippen molar-refractivity contribution in [2.45, 2.75) is 58.4 Å². The molecule has 1 N–H and O–H groups in total. The van der Waals surface area contributed by atoms with E-state index in [1.54, 1.807) is 12.1 Å². The number of hydrogen-bond donors (Lipinski definition) is 1. The first kappa shape index (κ1) is 19.8. The molecule has 0 spiro atoms. The zero-order chi connectivity index (χ0) is 18.4. The third-order valence-electron chi connectivity index (χ3n) is 5.01. The van der Waals surface area contributed by atoms with Gasteiger partial charge in [-0.3, -0.25) is 9.10 Å². The third-order valence-corrected chi connectivity index (χ3v) is 6.13. The number of amides is 1. The van der Waals surface area contributed by atoms with Crippen LogP contribution in [0.15, 0.2) is 24.3 Å². The molecule has 0 aromatic heterocycles. The molecule has 0 saturated heterocycles. The molecule has 1 aliphatic carbocycles. The van der Waals surface area contributed by atoms with Crippen LogP contribution in [0.1, 0.15) is 51.0 Å². The summed E-state index contributed by atoms with van der Waals surface area (Å²) in [6.07, 6.45) is 7.89. The number of carbonyl (C=O) groups is 1. The van der Waals surface area contributed by atoms with Crippen LogP contribution in [-0.4, -0.2) is 33.2 Å². The molecule has 1 amide bonds. The zero-order valence-electron chi connectivity index (χ0n) is 15.5. The van der Waals surface area contributed by atoms with Gasteiger partial charge in [0.25, 0.3) is 0 Å². The van der Waals surface area contributed by atoms with Gasteiger partial charge in [-0.15, -0.1) is 0 Å². The summed E-state index contributed by atoms with van der Waals surface area (Å²) in [6, 6.07) is 7.41. The standard InChI is InChI=1S/C19H30N2O3S/c1-4-5-10-16-11-8-12-17(16)20-19(22)14-21(25(3,23)24)18-13-7-6-9-15(18)2/h6-7,9,13,16-17H,4-5,8,10-12,14H2,1-3H3,(H,20,22). The number of benzene rings is 1. The van der Waals surface area contributed by atoms with Crippen LogP contribution in [0, 0.1) is 12.8 Å². The predicted molar refractivity (Wildman–Crippen MR) is 102 cm³/mol. The van der Waals surface area contributed by atoms with Crippen LogP contribution in [0.5, 0.6) is 0 Å². The Labute approximate surface area is 151 Å². The van der Waals surface area contributed by atoms with Gasteiger partial charge in [0.15, 0.2) is 0 Å². The summed E-state index contributed by atoms with van der Waals surface area (Å²) in [7, 11) is -3.52. The highest BCUT2D eigenvalue weighted by atomic mass is 32.2. The lowest BCUT2D eigenvalue weighted by molar-refractivity contribution is -0.120. The van der Waals surface area contributed by atoms with Crippen molar-refractivity contribution in [1.29, 1.82) is 0 Å². The molecule has 1 fully saturated rings. The van der Waals surface area contributed by atoms with Gasteiger partial charge in [-0.25, -0.2) is 8.42 Å². The van der Waals surface area contributed by atoms with Crippen molar-refractivity contribution in [3.05, 3.63) is 29.8 Å². The molecule has 140 valence electrons. The molecule has 1 aliphatic rings. The molecule has 1 saturated carbocycles. The van der Waals surface area contributed by atoms with E-state index in [0.717, 1.165) is 43.9 Å². The zero-order valence-corrected chi connectivity index (χ0v) is 16.3. The fraction of sp³-hybridized carbons (Fsp3) is 0.632. The average Bonchev–Trinajstić information content (AvgIpc) is 2.97. The average molecular weight is 367 g/mol. The molecule has 2 rings (SSSR count). The Hall–Kier alpha value is -1.56. The fourth-order valence-electron chi connectivity index (χ4n) is 3.65. The van der Waals surface area contributed by atoms with Gasteiger partial charge in [-0.1, -0.05) is 44.4 Å². The molecule has 0 radical (unpaired) electrons. The van der Waals surface area contributed by atoms with E-state index in [1.807, 2.05) is 19.1 Å². The Bertz CT molecular complexity index is 688. The van der Waals surface area contributed by atoms with Crippen molar-refractivity contribution in [2.24, 2.45) is 5.92 Å². The van der Waals surface area contributed by atoms with Crippen LogP contribution >= 0.6 is 0 Å². The summed E-state index contributed by atoms with van der Waals surface area (Å²) in [6.45, 7) is 3.86. The second-order valence-electron chi connectivity index (χ2n) is 7.06. The number of para-hydroxylation sites is 1. The van der Waals surface area contributed by atoms with Gasteiger partial charge in [0.05, 0.1) is 11.9 Å². The van der Waals surface area contributed by atoms with E-state index in [1.165, 1.54) is 10.7 Å². The Kier molecular flexibility index (Phi) is 6.87. The lowest BCUT2D eigenvalue weighted by atomic mass is 9.97. The largest absolute Gasteiger partial charge is 0.352 e. The van der Waals surface area contributed by atoms with Gasteiger partial charge < -0.3 is 5.32 Å². The normalized spacial score (nSPS) is 20.4. The minimum atomic E-state index is -3.52. The van der Waals surface area contributed by atoms with Crippen LogP contribution in [0.25, 0.3) is 0 Å². The molecule has 6 heteroatoms. The van der Waals surface area contributed by atoms with E-state index >= 15 is 0 Å². The number of unbranched alkanes of at least 4 members (excludes halogenated alkanes) is 1. The molecule has 2 unspecified atom stereocenters. The minimum Gasteiger partial charge on any atom is -0.352 e. The Morgan fingerprint density at radius 3 is 2.64 bits per heavy atom. The smallest absolute Gasteiger partial charge is 0.241 e. The van der Waals surface area contributed by atoms with Crippen LogP contribution in [-0.2, 0) is 14.8 Å². The van der Waals surface area contributed by atoms with E-state index in [0.29, 0.717) is 11.6 Å². The number of carbonyl (C=O) groups excluding carboxylic acids is 1. The van der Waals surface area contributed by atoms with Crippen molar-refractivity contribution < 1.29 is 13.2 Å². The number of hydrogen-bond acceptors (Lipinski definition) is 3. The monoisotopic (exact) mass is 366 g/mol. The van der Waals surface area contributed by atoms with Gasteiger partial charge in [-0.2, -0.15) is 0 Å². The number of nitrogens with one attached hydrogen (secondary N) is 1. The number of aryl methyl sites for hydroxylation is 1. The first-order chi connectivity index (χ1) is 11.8. The summed E-state index contributed by atoms with van der Waals surface area (Å²) in [5, 5.41) is 3.08. The summed E-state index contributed by atoms with van der Waals surface area (Å²) >= 11 is 0. The van der Waals surface area contributed by atoms with E-state index in [-0.39, 0.29) is 18.5 Å². The number of rotatable bonds is 8. The van der Waals surface area contributed by atoms with Crippen molar-refractivity contribution in [1.82, 2.24) is 5.32 Å². The van der Waals surface area contributed by atoms with Gasteiger partial charge in [0, 0.05) is 6.04 Å². The van der Waals surface area contributed by atoms with Crippen molar-refractivity contribution in [3.8, 4) is 0 Å². The molecular weight excluding hydrogens is 336 g/mol. The Morgan fingerprint density at radius 1 is 1.28 bits per heavy atom. The topological polar surface area (TPSA) is 66.5 Å². The van der Waals surface area contributed by atoms with Crippen LogP contribution < -0.4 is 9.62 Å². The number of nitrogens with zero attached hydrogens (tertiary/aromatic N) is 1. The second-order valence-corrected chi connectivity index (χ2v) is 8.97. The molecule has 0 heterocycles. The molecule has 2 atom stereocenters. The molecule has 0 bridgehead atoms. The second kappa shape index (κ2) is 8.70. The molecule has 1 aromatic rings. The molecule has 5 nitrogen and oxygen atoms in total. The molecule has 25 heavy (non-hydrogen) atoms. The highest BCUT2D eigenvalue weighted by molar-refractivity contribution is 7.92. The van der Waals surface area contributed by atoms with Gasteiger partial charge in [0.2, 0.25) is 15.9 Å². The summed E-state index contributed by atoms with van der Waals surface area (Å²) in [5.41, 5.74) is 1.40. The minimum absolute atomic E-state index is 0.166. The van der Waals surface area contributed by atoms with Crippen molar-refractivity contribution in [2.75, 3.05) is 17.1 Å². The van der Waals surface area contributed by atoms with Crippen molar-refractivity contribution >= 4 is 21.6 Å². The summed E-state index contributed by atoms with van der Waals surface area (Å²) < 4.78 is 25.6. The first-order valence-corrected chi connectivity index (χ1v) is 11.0. The van der Waals surface area contributed by atoms with Gasteiger partial charge in [0.1, 0.15) is 6.54 Å². The maximum atomic E-state index is 12.5. The summed E-state index contributed by atoms with van der Waals surface area (Å²) in [5.74, 6) is 0.302. The van der Waals surface area contributed by atoms with E-state index < -0.39 is 10.0 Å². The number of anilines is 1. The predicted octanol–water partition coefficient (Wildman–Crippen LogP) is 3.24. The van der Waals surface area contributed by atoms with Crippen LogP contribution in [0.3, 0.4) is 0 Å². The summed E-state index contributed by atoms with van der Waals surface area (Å²) in [4.78, 5) is 12.5. The molecule has 1 aromatic carbocycles. The number of sulfonamides is 1. The van der Waals surface area contributed by atoms with Gasteiger partial charge in [-0.05, 0) is 43.7 Å².